The zero-order chi connectivity index (χ0) is 18.6. The second kappa shape index (κ2) is 7.63. The minimum atomic E-state index is -0.0920. The fourth-order valence-corrected chi connectivity index (χ4v) is 3.76. The number of nitrogens with zero attached hydrogens (tertiary/aromatic N) is 3. The first-order valence-corrected chi connectivity index (χ1v) is 9.57. The molecule has 1 N–H and O–H groups in total. The summed E-state index contributed by atoms with van der Waals surface area (Å²) >= 11 is 1.64. The zero-order valence-corrected chi connectivity index (χ0v) is 15.7. The molecule has 0 aliphatic carbocycles. The SMILES string of the molecule is CCc1nc2ccc(C(=O)NCc3ccnc(-c4ccncc4)c3)cc2s1. The highest BCUT2D eigenvalue weighted by Crippen LogP contribution is 2.23. The Morgan fingerprint density at radius 1 is 1.07 bits per heavy atom. The Morgan fingerprint density at radius 3 is 2.74 bits per heavy atom. The topological polar surface area (TPSA) is 67.8 Å². The molecule has 5 nitrogen and oxygen atoms in total. The summed E-state index contributed by atoms with van der Waals surface area (Å²) in [5.74, 6) is -0.0920. The number of benzene rings is 1. The molecule has 1 aromatic carbocycles. The molecule has 0 atom stereocenters. The highest BCUT2D eigenvalue weighted by molar-refractivity contribution is 7.18. The van der Waals surface area contributed by atoms with Crippen LogP contribution in [-0.4, -0.2) is 20.9 Å². The summed E-state index contributed by atoms with van der Waals surface area (Å²) in [6.45, 7) is 2.53. The molecular weight excluding hydrogens is 356 g/mol. The molecule has 3 heterocycles. The Labute approximate surface area is 161 Å². The molecule has 6 heteroatoms. The first kappa shape index (κ1) is 17.3. The van der Waals surface area contributed by atoms with E-state index in [0.717, 1.165) is 38.5 Å². The lowest BCUT2D eigenvalue weighted by atomic mass is 10.1. The van der Waals surface area contributed by atoms with Crippen LogP contribution in [0.1, 0.15) is 27.9 Å². The fraction of sp³-hybridized carbons (Fsp3) is 0.143. The van der Waals surface area contributed by atoms with Crippen LogP contribution in [0.5, 0.6) is 0 Å². The van der Waals surface area contributed by atoms with Gasteiger partial charge in [-0.1, -0.05) is 6.92 Å². The molecule has 134 valence electrons. The van der Waals surface area contributed by atoms with Gasteiger partial charge in [-0.3, -0.25) is 14.8 Å². The lowest BCUT2D eigenvalue weighted by Crippen LogP contribution is -2.22. The number of amides is 1. The summed E-state index contributed by atoms with van der Waals surface area (Å²) in [6, 6.07) is 13.4. The van der Waals surface area contributed by atoms with E-state index < -0.39 is 0 Å². The first-order valence-electron chi connectivity index (χ1n) is 8.76. The lowest BCUT2D eigenvalue weighted by molar-refractivity contribution is 0.0951. The molecule has 1 amide bonds. The van der Waals surface area contributed by atoms with Crippen molar-refractivity contribution in [1.82, 2.24) is 20.3 Å². The number of fused-ring (bicyclic) bond motifs is 1. The molecule has 0 spiro atoms. The van der Waals surface area contributed by atoms with Crippen molar-refractivity contribution < 1.29 is 4.79 Å². The van der Waals surface area contributed by atoms with Crippen molar-refractivity contribution >= 4 is 27.5 Å². The van der Waals surface area contributed by atoms with Gasteiger partial charge in [0.15, 0.2) is 0 Å². The van der Waals surface area contributed by atoms with E-state index in [0.29, 0.717) is 12.1 Å². The predicted octanol–water partition coefficient (Wildman–Crippen LogP) is 4.25. The normalized spacial score (nSPS) is 10.9. The summed E-state index contributed by atoms with van der Waals surface area (Å²) in [5, 5.41) is 4.07. The van der Waals surface area contributed by atoms with E-state index in [-0.39, 0.29) is 5.91 Å². The van der Waals surface area contributed by atoms with E-state index in [9.17, 15) is 4.79 Å². The van der Waals surface area contributed by atoms with E-state index in [2.05, 4.69) is 27.2 Å². The predicted molar refractivity (Wildman–Crippen MR) is 108 cm³/mol. The lowest BCUT2D eigenvalue weighted by Gasteiger charge is -2.07. The maximum Gasteiger partial charge on any atom is 0.251 e. The van der Waals surface area contributed by atoms with Gasteiger partial charge >= 0.3 is 0 Å². The van der Waals surface area contributed by atoms with Gasteiger partial charge < -0.3 is 5.32 Å². The smallest absolute Gasteiger partial charge is 0.251 e. The van der Waals surface area contributed by atoms with E-state index >= 15 is 0 Å². The van der Waals surface area contributed by atoms with Gasteiger partial charge in [0.1, 0.15) is 0 Å². The number of carbonyl (C=O) groups excluding carboxylic acids is 1. The van der Waals surface area contributed by atoms with Gasteiger partial charge in [-0.15, -0.1) is 11.3 Å². The van der Waals surface area contributed by atoms with E-state index in [1.807, 2.05) is 42.5 Å². The van der Waals surface area contributed by atoms with Crippen LogP contribution in [0, 0.1) is 0 Å². The molecule has 0 bridgehead atoms. The minimum absolute atomic E-state index is 0.0920. The molecule has 4 rings (SSSR count). The monoisotopic (exact) mass is 374 g/mol. The Hall–Kier alpha value is -3.12. The maximum absolute atomic E-state index is 12.5. The summed E-state index contributed by atoms with van der Waals surface area (Å²) in [5.41, 5.74) is 4.46. The Kier molecular flexibility index (Phi) is 4.89. The zero-order valence-electron chi connectivity index (χ0n) is 14.8. The number of aromatic nitrogens is 3. The fourth-order valence-electron chi connectivity index (χ4n) is 2.81. The van der Waals surface area contributed by atoms with Crippen molar-refractivity contribution in [2.24, 2.45) is 0 Å². The minimum Gasteiger partial charge on any atom is -0.348 e. The van der Waals surface area contributed by atoms with Crippen LogP contribution in [0.3, 0.4) is 0 Å². The highest BCUT2D eigenvalue weighted by atomic mass is 32.1. The summed E-state index contributed by atoms with van der Waals surface area (Å²) in [6.07, 6.45) is 6.14. The first-order chi connectivity index (χ1) is 13.2. The van der Waals surface area contributed by atoms with Crippen LogP contribution in [0.2, 0.25) is 0 Å². The molecule has 27 heavy (non-hydrogen) atoms. The van der Waals surface area contributed by atoms with Gasteiger partial charge in [0.2, 0.25) is 0 Å². The van der Waals surface area contributed by atoms with Crippen LogP contribution in [-0.2, 0) is 13.0 Å². The molecule has 0 fully saturated rings. The van der Waals surface area contributed by atoms with E-state index in [4.69, 9.17) is 0 Å². The molecule has 0 unspecified atom stereocenters. The summed E-state index contributed by atoms with van der Waals surface area (Å²) in [7, 11) is 0. The van der Waals surface area contributed by atoms with Crippen molar-refractivity contribution in [3.63, 3.8) is 0 Å². The average Bonchev–Trinajstić information content (AvgIpc) is 3.15. The largest absolute Gasteiger partial charge is 0.348 e. The van der Waals surface area contributed by atoms with Gasteiger partial charge in [-0.05, 0) is 54.4 Å². The number of carbonyl (C=O) groups is 1. The van der Waals surface area contributed by atoms with Gasteiger partial charge in [0, 0.05) is 36.3 Å². The van der Waals surface area contributed by atoms with Crippen LogP contribution >= 0.6 is 11.3 Å². The van der Waals surface area contributed by atoms with Crippen molar-refractivity contribution in [3.8, 4) is 11.3 Å². The number of thiazole rings is 1. The van der Waals surface area contributed by atoms with Crippen LogP contribution in [0.4, 0.5) is 0 Å². The number of rotatable bonds is 5. The molecule has 0 saturated heterocycles. The third-order valence-corrected chi connectivity index (χ3v) is 5.41. The Morgan fingerprint density at radius 2 is 1.93 bits per heavy atom. The number of hydrogen-bond acceptors (Lipinski definition) is 5. The van der Waals surface area contributed by atoms with Crippen molar-refractivity contribution in [1.29, 1.82) is 0 Å². The Balaban J connectivity index is 1.48. The third kappa shape index (κ3) is 3.85. The molecule has 0 saturated carbocycles. The Bertz CT molecular complexity index is 1090. The van der Waals surface area contributed by atoms with Gasteiger partial charge in [0.05, 0.1) is 20.9 Å². The van der Waals surface area contributed by atoms with Gasteiger partial charge in [-0.25, -0.2) is 4.98 Å². The van der Waals surface area contributed by atoms with Crippen LogP contribution in [0.25, 0.3) is 21.5 Å². The van der Waals surface area contributed by atoms with Crippen molar-refractivity contribution in [3.05, 3.63) is 77.2 Å². The number of hydrogen-bond donors (Lipinski definition) is 1. The number of aryl methyl sites for hydroxylation is 1. The second-order valence-corrected chi connectivity index (χ2v) is 7.23. The molecule has 0 aliphatic rings. The highest BCUT2D eigenvalue weighted by Gasteiger charge is 2.09. The quantitative estimate of drug-likeness (QED) is 0.567. The third-order valence-electron chi connectivity index (χ3n) is 4.25. The van der Waals surface area contributed by atoms with Gasteiger partial charge in [0.25, 0.3) is 5.91 Å². The molecule has 0 aliphatic heterocycles. The van der Waals surface area contributed by atoms with Crippen molar-refractivity contribution in [2.75, 3.05) is 0 Å². The molecular formula is C21H18N4OS. The maximum atomic E-state index is 12.5. The molecule has 3 aromatic heterocycles. The molecule has 0 radical (unpaired) electrons. The molecule has 4 aromatic rings. The summed E-state index contributed by atoms with van der Waals surface area (Å²) < 4.78 is 1.04. The number of nitrogens with one attached hydrogen (secondary N) is 1. The van der Waals surface area contributed by atoms with E-state index in [1.54, 1.807) is 29.9 Å². The van der Waals surface area contributed by atoms with Gasteiger partial charge in [-0.2, -0.15) is 0 Å². The average molecular weight is 374 g/mol. The van der Waals surface area contributed by atoms with Crippen LogP contribution in [0.15, 0.2) is 61.1 Å². The second-order valence-electron chi connectivity index (χ2n) is 6.11. The van der Waals surface area contributed by atoms with Crippen LogP contribution < -0.4 is 5.32 Å². The summed E-state index contributed by atoms with van der Waals surface area (Å²) in [4.78, 5) is 25.5. The number of pyridine rings is 2. The van der Waals surface area contributed by atoms with Crippen molar-refractivity contribution in [2.45, 2.75) is 19.9 Å². The standard InChI is InChI=1S/C21H18N4OS/c1-2-20-25-17-4-3-16(12-19(17)27-20)21(26)24-13-14-5-10-23-18(11-14)15-6-8-22-9-7-15/h3-12H,2,13H2,1H3,(H,24,26). The van der Waals surface area contributed by atoms with E-state index in [1.165, 1.54) is 0 Å².